The summed E-state index contributed by atoms with van der Waals surface area (Å²) in [5, 5.41) is 7.06. The molecule has 2 heterocycles. The Morgan fingerprint density at radius 1 is 1.21 bits per heavy atom. The summed E-state index contributed by atoms with van der Waals surface area (Å²) < 4.78 is 1.71. The molecule has 1 aliphatic rings. The van der Waals surface area contributed by atoms with Crippen LogP contribution in [0.15, 0.2) is 36.5 Å². The van der Waals surface area contributed by atoms with Crippen molar-refractivity contribution in [2.45, 2.75) is 32.2 Å². The third kappa shape index (κ3) is 3.18. The van der Waals surface area contributed by atoms with E-state index in [0.29, 0.717) is 24.2 Å². The number of rotatable bonds is 3. The maximum absolute atomic E-state index is 12.8. The Kier molecular flexibility index (Phi) is 4.64. The number of piperidine rings is 1. The van der Waals surface area contributed by atoms with Gasteiger partial charge < -0.3 is 10.2 Å². The van der Waals surface area contributed by atoms with E-state index in [4.69, 9.17) is 0 Å². The topological polar surface area (TPSA) is 67.2 Å². The predicted octanol–water partition coefficient (Wildman–Crippen LogP) is 2.36. The lowest BCUT2D eigenvalue weighted by molar-refractivity contribution is -0.121. The summed E-state index contributed by atoms with van der Waals surface area (Å²) >= 11 is 0. The van der Waals surface area contributed by atoms with Gasteiger partial charge in [0.05, 0.1) is 17.6 Å². The number of aromatic nitrogens is 2. The molecule has 1 saturated heterocycles. The average molecular weight is 326 g/mol. The lowest BCUT2D eigenvalue weighted by Crippen LogP contribution is -2.50. The second kappa shape index (κ2) is 6.86. The third-order valence-electron chi connectivity index (χ3n) is 4.58. The fourth-order valence-electron chi connectivity index (χ4n) is 3.03. The first-order chi connectivity index (χ1) is 11.6. The lowest BCUT2D eigenvalue weighted by atomic mass is 10.00. The van der Waals surface area contributed by atoms with Crippen LogP contribution in [0.25, 0.3) is 0 Å². The summed E-state index contributed by atoms with van der Waals surface area (Å²) in [5.41, 5.74) is 2.20. The molecule has 1 unspecified atom stereocenters. The fourth-order valence-corrected chi connectivity index (χ4v) is 3.03. The van der Waals surface area contributed by atoms with Crippen LogP contribution < -0.4 is 5.32 Å². The van der Waals surface area contributed by atoms with Crippen molar-refractivity contribution in [1.82, 2.24) is 14.7 Å². The minimum atomic E-state index is -0.439. The second-order valence-electron chi connectivity index (χ2n) is 6.13. The van der Waals surface area contributed by atoms with Crippen LogP contribution in [0.1, 0.15) is 35.3 Å². The van der Waals surface area contributed by atoms with Gasteiger partial charge in [-0.1, -0.05) is 18.2 Å². The van der Waals surface area contributed by atoms with Crippen LogP contribution in [0.3, 0.4) is 0 Å². The highest BCUT2D eigenvalue weighted by atomic mass is 16.2. The van der Waals surface area contributed by atoms with E-state index in [2.05, 4.69) is 10.4 Å². The molecule has 1 atom stereocenters. The zero-order valence-corrected chi connectivity index (χ0v) is 14.0. The molecule has 1 aromatic heterocycles. The van der Waals surface area contributed by atoms with Crippen LogP contribution in [-0.4, -0.2) is 39.1 Å². The third-order valence-corrected chi connectivity index (χ3v) is 4.58. The summed E-state index contributed by atoms with van der Waals surface area (Å²) in [4.78, 5) is 27.2. The van der Waals surface area contributed by atoms with Crippen LogP contribution in [0.4, 0.5) is 5.69 Å². The van der Waals surface area contributed by atoms with Crippen molar-refractivity contribution in [3.05, 3.63) is 47.8 Å². The monoisotopic (exact) mass is 326 g/mol. The first-order valence-corrected chi connectivity index (χ1v) is 8.23. The van der Waals surface area contributed by atoms with Gasteiger partial charge in [0.25, 0.3) is 5.91 Å². The summed E-state index contributed by atoms with van der Waals surface area (Å²) in [6, 6.07) is 8.69. The first-order valence-electron chi connectivity index (χ1n) is 8.23. The van der Waals surface area contributed by atoms with Crippen molar-refractivity contribution in [2.75, 3.05) is 11.9 Å². The SMILES string of the molecule is Cc1c(NC(=O)C2CCCCN2C(=O)c2ccccc2)cnn1C. The molecule has 2 amide bonds. The van der Waals surface area contributed by atoms with Crippen molar-refractivity contribution in [2.24, 2.45) is 7.05 Å². The highest BCUT2D eigenvalue weighted by Crippen LogP contribution is 2.22. The van der Waals surface area contributed by atoms with Gasteiger partial charge in [-0.15, -0.1) is 0 Å². The quantitative estimate of drug-likeness (QED) is 0.941. The van der Waals surface area contributed by atoms with Gasteiger partial charge >= 0.3 is 0 Å². The van der Waals surface area contributed by atoms with E-state index in [0.717, 1.165) is 18.5 Å². The minimum absolute atomic E-state index is 0.0849. The van der Waals surface area contributed by atoms with Gasteiger partial charge in [-0.05, 0) is 38.3 Å². The first kappa shape index (κ1) is 16.2. The summed E-state index contributed by atoms with van der Waals surface area (Å²) in [7, 11) is 1.83. The number of anilines is 1. The summed E-state index contributed by atoms with van der Waals surface area (Å²) in [5.74, 6) is -0.228. The number of carbonyl (C=O) groups excluding carboxylic acids is 2. The van der Waals surface area contributed by atoms with Crippen LogP contribution in [0, 0.1) is 6.92 Å². The van der Waals surface area contributed by atoms with Gasteiger partial charge in [0.1, 0.15) is 6.04 Å². The molecule has 1 aromatic carbocycles. The Hall–Kier alpha value is -2.63. The van der Waals surface area contributed by atoms with Crippen LogP contribution in [-0.2, 0) is 11.8 Å². The number of nitrogens with one attached hydrogen (secondary N) is 1. The molecule has 0 aliphatic carbocycles. The number of likely N-dealkylation sites (tertiary alicyclic amines) is 1. The van der Waals surface area contributed by atoms with E-state index in [-0.39, 0.29) is 11.8 Å². The smallest absolute Gasteiger partial charge is 0.254 e. The van der Waals surface area contributed by atoms with Gasteiger partial charge in [-0.25, -0.2) is 0 Å². The zero-order chi connectivity index (χ0) is 17.1. The standard InChI is InChI=1S/C18H22N4O2/c1-13-15(12-19-21(13)2)20-17(23)16-10-6-7-11-22(16)18(24)14-8-4-3-5-9-14/h3-5,8-9,12,16H,6-7,10-11H2,1-2H3,(H,20,23). The molecule has 0 spiro atoms. The number of aryl methyl sites for hydroxylation is 1. The highest BCUT2D eigenvalue weighted by Gasteiger charge is 2.32. The minimum Gasteiger partial charge on any atom is -0.327 e. The number of carbonyl (C=O) groups is 2. The molecule has 1 fully saturated rings. The van der Waals surface area contributed by atoms with Gasteiger partial charge in [-0.3, -0.25) is 14.3 Å². The molecule has 0 saturated carbocycles. The molecule has 0 radical (unpaired) electrons. The molecule has 24 heavy (non-hydrogen) atoms. The molecule has 6 nitrogen and oxygen atoms in total. The maximum atomic E-state index is 12.8. The Morgan fingerprint density at radius 2 is 1.96 bits per heavy atom. The normalized spacial score (nSPS) is 17.6. The Balaban J connectivity index is 1.78. The lowest BCUT2D eigenvalue weighted by Gasteiger charge is -2.34. The number of nitrogens with zero attached hydrogens (tertiary/aromatic N) is 3. The van der Waals surface area contributed by atoms with Gasteiger partial charge in [0.2, 0.25) is 5.91 Å². The maximum Gasteiger partial charge on any atom is 0.254 e. The van der Waals surface area contributed by atoms with Crippen molar-refractivity contribution in [3.8, 4) is 0 Å². The molecule has 1 N–H and O–H groups in total. The van der Waals surface area contributed by atoms with E-state index in [1.807, 2.05) is 32.2 Å². The van der Waals surface area contributed by atoms with Gasteiger partial charge in [0.15, 0.2) is 0 Å². The molecular weight excluding hydrogens is 304 g/mol. The van der Waals surface area contributed by atoms with E-state index in [1.165, 1.54) is 0 Å². The van der Waals surface area contributed by atoms with E-state index in [9.17, 15) is 9.59 Å². The van der Waals surface area contributed by atoms with Crippen molar-refractivity contribution in [1.29, 1.82) is 0 Å². The van der Waals surface area contributed by atoms with Crippen LogP contribution in [0.2, 0.25) is 0 Å². The van der Waals surface area contributed by atoms with Crippen LogP contribution in [0.5, 0.6) is 0 Å². The number of amides is 2. The Bertz CT molecular complexity index is 739. The molecule has 6 heteroatoms. The molecule has 126 valence electrons. The van der Waals surface area contributed by atoms with E-state index >= 15 is 0 Å². The number of benzene rings is 1. The largest absolute Gasteiger partial charge is 0.327 e. The molecule has 1 aliphatic heterocycles. The Morgan fingerprint density at radius 3 is 2.62 bits per heavy atom. The van der Waals surface area contributed by atoms with Gasteiger partial charge in [-0.2, -0.15) is 5.10 Å². The van der Waals surface area contributed by atoms with Crippen molar-refractivity contribution >= 4 is 17.5 Å². The Labute approximate surface area is 141 Å². The predicted molar refractivity (Wildman–Crippen MR) is 91.7 cm³/mol. The van der Waals surface area contributed by atoms with E-state index in [1.54, 1.807) is 27.9 Å². The summed E-state index contributed by atoms with van der Waals surface area (Å²) in [6.45, 7) is 2.51. The van der Waals surface area contributed by atoms with Crippen molar-refractivity contribution in [3.63, 3.8) is 0 Å². The molecular formula is C18H22N4O2. The van der Waals surface area contributed by atoms with Gasteiger partial charge in [0, 0.05) is 19.2 Å². The molecule has 0 bridgehead atoms. The van der Waals surface area contributed by atoms with E-state index < -0.39 is 6.04 Å². The van der Waals surface area contributed by atoms with Crippen molar-refractivity contribution < 1.29 is 9.59 Å². The second-order valence-corrected chi connectivity index (χ2v) is 6.13. The highest BCUT2D eigenvalue weighted by molar-refractivity contribution is 6.01. The zero-order valence-electron chi connectivity index (χ0n) is 14.0. The number of hydrogen-bond donors (Lipinski definition) is 1. The summed E-state index contributed by atoms with van der Waals surface area (Å²) in [6.07, 6.45) is 4.19. The average Bonchev–Trinajstić information content (AvgIpc) is 2.94. The van der Waals surface area contributed by atoms with Crippen LogP contribution >= 0.6 is 0 Å². The number of hydrogen-bond acceptors (Lipinski definition) is 3. The molecule has 2 aromatic rings. The molecule has 3 rings (SSSR count). The fraction of sp³-hybridized carbons (Fsp3) is 0.389.